The highest BCUT2D eigenvalue weighted by atomic mass is 35.5. The molecule has 0 aliphatic heterocycles. The summed E-state index contributed by atoms with van der Waals surface area (Å²) in [5, 5.41) is 3.22. The molecule has 0 radical (unpaired) electrons. The Balaban J connectivity index is 1.83. The Hall–Kier alpha value is -2.18. The quantitative estimate of drug-likeness (QED) is 0.553. The zero-order valence-corrected chi connectivity index (χ0v) is 16.4. The highest BCUT2D eigenvalue weighted by Gasteiger charge is 2.20. The number of thiophene rings is 1. The smallest absolute Gasteiger partial charge is 0.307 e. The van der Waals surface area contributed by atoms with Gasteiger partial charge >= 0.3 is 5.97 Å². The highest BCUT2D eigenvalue weighted by Crippen LogP contribution is 2.23. The van der Waals surface area contributed by atoms with Crippen LogP contribution >= 0.6 is 22.9 Å². The van der Waals surface area contributed by atoms with Crippen LogP contribution in [0.3, 0.4) is 0 Å². The van der Waals surface area contributed by atoms with Gasteiger partial charge in [-0.25, -0.2) is 0 Å². The molecule has 1 aromatic carbocycles. The van der Waals surface area contributed by atoms with Crippen LogP contribution in [0.25, 0.3) is 0 Å². The van der Waals surface area contributed by atoms with Crippen molar-refractivity contribution >= 4 is 46.3 Å². The van der Waals surface area contributed by atoms with Crippen LogP contribution < -0.4 is 5.32 Å². The number of benzene rings is 1. The number of ether oxygens (including phenoxy) is 1. The van der Waals surface area contributed by atoms with Gasteiger partial charge in [-0.3, -0.25) is 14.4 Å². The van der Waals surface area contributed by atoms with Crippen molar-refractivity contribution in [1.82, 2.24) is 0 Å². The molecule has 1 heterocycles. The van der Waals surface area contributed by atoms with Gasteiger partial charge in [-0.1, -0.05) is 17.7 Å². The minimum Gasteiger partial charge on any atom is -0.453 e. The van der Waals surface area contributed by atoms with Gasteiger partial charge in [-0.2, -0.15) is 0 Å². The number of rotatable bonds is 7. The first kappa shape index (κ1) is 20.1. The molecule has 0 fully saturated rings. The maximum absolute atomic E-state index is 12.2. The van der Waals surface area contributed by atoms with Crippen LogP contribution in [0.4, 0.5) is 5.69 Å². The van der Waals surface area contributed by atoms with Gasteiger partial charge in [0.1, 0.15) is 0 Å². The molecule has 0 aliphatic carbocycles. The summed E-state index contributed by atoms with van der Waals surface area (Å²) in [5.41, 5.74) is 1.30. The van der Waals surface area contributed by atoms with E-state index in [0.29, 0.717) is 15.6 Å². The third-order valence-corrected chi connectivity index (χ3v) is 5.23. The van der Waals surface area contributed by atoms with Gasteiger partial charge in [0.05, 0.1) is 11.3 Å². The second kappa shape index (κ2) is 8.96. The summed E-state index contributed by atoms with van der Waals surface area (Å²) in [6, 6.07) is 8.77. The van der Waals surface area contributed by atoms with E-state index in [-0.39, 0.29) is 18.6 Å². The van der Waals surface area contributed by atoms with Crippen LogP contribution in [0.1, 0.15) is 39.9 Å². The van der Waals surface area contributed by atoms with Gasteiger partial charge in [0, 0.05) is 22.0 Å². The molecular weight excluding hydrogens is 374 g/mol. The minimum absolute atomic E-state index is 0.0561. The summed E-state index contributed by atoms with van der Waals surface area (Å²) in [7, 11) is 0. The van der Waals surface area contributed by atoms with Gasteiger partial charge in [0.25, 0.3) is 5.91 Å². The van der Waals surface area contributed by atoms with Crippen LogP contribution in [-0.4, -0.2) is 23.8 Å². The van der Waals surface area contributed by atoms with Crippen LogP contribution in [0.2, 0.25) is 5.02 Å². The van der Waals surface area contributed by atoms with Crippen molar-refractivity contribution in [2.45, 2.75) is 39.7 Å². The first-order valence-corrected chi connectivity index (χ1v) is 9.32. The standard InChI is InChI=1S/C19H20ClNO4S/c1-11-7-9-17(26-11)16(22)8-10-18(23)25-13(3)19(24)21-15-6-4-5-14(20)12(15)2/h4-7,9,13H,8,10H2,1-3H3,(H,21,24)/t13-/m1/s1. The number of hydrogen-bond acceptors (Lipinski definition) is 5. The van der Waals surface area contributed by atoms with E-state index in [9.17, 15) is 14.4 Å². The van der Waals surface area contributed by atoms with Crippen LogP contribution in [0, 0.1) is 13.8 Å². The molecule has 1 aromatic heterocycles. The Morgan fingerprint density at radius 2 is 1.88 bits per heavy atom. The lowest BCUT2D eigenvalue weighted by Gasteiger charge is -2.15. The number of anilines is 1. The predicted molar refractivity (Wildman–Crippen MR) is 103 cm³/mol. The van der Waals surface area contributed by atoms with E-state index in [4.69, 9.17) is 16.3 Å². The zero-order chi connectivity index (χ0) is 19.3. The summed E-state index contributed by atoms with van der Waals surface area (Å²) in [6.07, 6.45) is -0.982. The Morgan fingerprint density at radius 3 is 2.54 bits per heavy atom. The van der Waals surface area contributed by atoms with Crippen LogP contribution in [0.5, 0.6) is 0 Å². The topological polar surface area (TPSA) is 72.5 Å². The van der Waals surface area contributed by atoms with Gasteiger partial charge in [0.2, 0.25) is 0 Å². The summed E-state index contributed by atoms with van der Waals surface area (Å²) in [6.45, 7) is 5.18. The number of ketones is 1. The Bertz CT molecular complexity index is 831. The molecule has 0 aliphatic rings. The third kappa shape index (κ3) is 5.41. The lowest BCUT2D eigenvalue weighted by atomic mass is 10.2. The van der Waals surface area contributed by atoms with Crippen LogP contribution in [-0.2, 0) is 14.3 Å². The first-order chi connectivity index (χ1) is 12.3. The second-order valence-corrected chi connectivity index (χ2v) is 7.56. The minimum atomic E-state index is -0.972. The Morgan fingerprint density at radius 1 is 1.15 bits per heavy atom. The number of carbonyl (C=O) groups is 3. The third-order valence-electron chi connectivity index (χ3n) is 3.77. The SMILES string of the molecule is Cc1ccc(C(=O)CCC(=O)O[C@H](C)C(=O)Nc2cccc(Cl)c2C)s1. The van der Waals surface area contributed by atoms with Crippen LogP contribution in [0.15, 0.2) is 30.3 Å². The summed E-state index contributed by atoms with van der Waals surface area (Å²) < 4.78 is 5.11. The lowest BCUT2D eigenvalue weighted by molar-refractivity contribution is -0.153. The van der Waals surface area contributed by atoms with Crippen molar-refractivity contribution in [2.24, 2.45) is 0 Å². The first-order valence-electron chi connectivity index (χ1n) is 8.13. The van der Waals surface area contributed by atoms with Gasteiger partial charge in [0.15, 0.2) is 11.9 Å². The molecule has 138 valence electrons. The van der Waals surface area contributed by atoms with Crippen molar-refractivity contribution in [3.8, 4) is 0 Å². The molecule has 5 nitrogen and oxygen atoms in total. The molecular formula is C19H20ClNO4S. The molecule has 2 rings (SSSR count). The Kier molecular flexibility index (Phi) is 6.94. The maximum Gasteiger partial charge on any atom is 0.307 e. The van der Waals surface area contributed by atoms with E-state index < -0.39 is 18.0 Å². The van der Waals surface area contributed by atoms with E-state index in [1.54, 1.807) is 31.2 Å². The number of aryl methyl sites for hydroxylation is 1. The monoisotopic (exact) mass is 393 g/mol. The van der Waals surface area contributed by atoms with Gasteiger partial charge < -0.3 is 10.1 Å². The number of amides is 1. The molecule has 0 unspecified atom stereocenters. The van der Waals surface area contributed by atoms with E-state index in [0.717, 1.165) is 10.4 Å². The molecule has 1 atom stereocenters. The number of hydrogen-bond donors (Lipinski definition) is 1. The maximum atomic E-state index is 12.2. The second-order valence-electron chi connectivity index (χ2n) is 5.87. The van der Waals surface area contributed by atoms with Crippen molar-refractivity contribution in [3.63, 3.8) is 0 Å². The molecule has 0 spiro atoms. The average Bonchev–Trinajstić information content (AvgIpc) is 3.03. The molecule has 26 heavy (non-hydrogen) atoms. The summed E-state index contributed by atoms with van der Waals surface area (Å²) in [4.78, 5) is 37.7. The summed E-state index contributed by atoms with van der Waals surface area (Å²) in [5.74, 6) is -1.15. The van der Waals surface area contributed by atoms with Crippen molar-refractivity contribution < 1.29 is 19.1 Å². The molecule has 1 N–H and O–H groups in total. The number of halogens is 1. The lowest BCUT2D eigenvalue weighted by Crippen LogP contribution is -2.30. The average molecular weight is 394 g/mol. The fourth-order valence-electron chi connectivity index (χ4n) is 2.21. The van der Waals surface area contributed by atoms with Crippen molar-refractivity contribution in [2.75, 3.05) is 5.32 Å². The summed E-state index contributed by atoms with van der Waals surface area (Å²) >= 11 is 7.41. The number of Topliss-reactive ketones (excluding diaryl/α,β-unsaturated/α-hetero) is 1. The van der Waals surface area contributed by atoms with Crippen molar-refractivity contribution in [1.29, 1.82) is 0 Å². The van der Waals surface area contributed by atoms with E-state index in [1.165, 1.54) is 18.3 Å². The predicted octanol–water partition coefficient (Wildman–Crippen LogP) is 4.55. The molecule has 0 saturated heterocycles. The van der Waals surface area contributed by atoms with Crippen molar-refractivity contribution in [3.05, 3.63) is 50.7 Å². The number of nitrogens with one attached hydrogen (secondary N) is 1. The molecule has 0 saturated carbocycles. The largest absolute Gasteiger partial charge is 0.453 e. The fourth-order valence-corrected chi connectivity index (χ4v) is 3.22. The fraction of sp³-hybridized carbons (Fsp3) is 0.316. The van der Waals surface area contributed by atoms with E-state index in [2.05, 4.69) is 5.32 Å². The zero-order valence-electron chi connectivity index (χ0n) is 14.8. The molecule has 1 amide bonds. The van der Waals surface area contributed by atoms with Gasteiger partial charge in [-0.05, 0) is 50.6 Å². The van der Waals surface area contributed by atoms with E-state index >= 15 is 0 Å². The molecule has 0 bridgehead atoms. The molecule has 2 aromatic rings. The van der Waals surface area contributed by atoms with E-state index in [1.807, 2.05) is 13.0 Å². The van der Waals surface area contributed by atoms with Gasteiger partial charge in [-0.15, -0.1) is 11.3 Å². The Labute approximate surface area is 161 Å². The molecule has 7 heteroatoms. The number of carbonyl (C=O) groups excluding carboxylic acids is 3. The normalized spacial score (nSPS) is 11.7. The highest BCUT2D eigenvalue weighted by molar-refractivity contribution is 7.14. The number of esters is 1.